The third-order valence-corrected chi connectivity index (χ3v) is 6.44. The largest absolute Gasteiger partial charge is 0.490 e. The van der Waals surface area contributed by atoms with Crippen LogP contribution in [0.3, 0.4) is 0 Å². The van der Waals surface area contributed by atoms with E-state index in [0.29, 0.717) is 53.4 Å². The zero-order valence-corrected chi connectivity index (χ0v) is 20.6. The van der Waals surface area contributed by atoms with E-state index in [9.17, 15) is 14.4 Å². The van der Waals surface area contributed by atoms with Gasteiger partial charge >= 0.3 is 6.03 Å². The summed E-state index contributed by atoms with van der Waals surface area (Å²) in [5.74, 6) is 0.690. The Hall–Kier alpha value is -3.60. The maximum atomic E-state index is 13.4. The number of carbonyl (C=O) groups excluding carboxylic acids is 3. The minimum absolute atomic E-state index is 0.00779. The van der Waals surface area contributed by atoms with Gasteiger partial charge in [-0.1, -0.05) is 5.16 Å². The van der Waals surface area contributed by atoms with Gasteiger partial charge in [0.25, 0.3) is 5.91 Å². The van der Waals surface area contributed by atoms with Crippen LogP contribution in [0.15, 0.2) is 22.7 Å². The van der Waals surface area contributed by atoms with Crippen LogP contribution in [0.5, 0.6) is 5.75 Å². The van der Waals surface area contributed by atoms with E-state index in [-0.39, 0.29) is 36.7 Å². The van der Waals surface area contributed by atoms with Gasteiger partial charge in [0.05, 0.1) is 24.1 Å². The number of fused-ring (bicyclic) bond motifs is 2. The van der Waals surface area contributed by atoms with Gasteiger partial charge in [0, 0.05) is 26.8 Å². The van der Waals surface area contributed by atoms with E-state index in [2.05, 4.69) is 15.8 Å². The Morgan fingerprint density at radius 2 is 1.97 bits per heavy atom. The van der Waals surface area contributed by atoms with Crippen molar-refractivity contribution in [2.24, 2.45) is 0 Å². The SMILES string of the molecule is Cc1noc(C)c1NC(=O)Nc1ccc2c(c1)C(=O)N(C)[C@H]1CC[C@H](CC(=O)N(C)C)O[C@H]1CO2. The highest BCUT2D eigenvalue weighted by molar-refractivity contribution is 6.03. The second kappa shape index (κ2) is 9.95. The Balaban J connectivity index is 1.47. The monoisotopic (exact) mass is 485 g/mol. The number of anilines is 2. The second-order valence-corrected chi connectivity index (χ2v) is 9.15. The molecule has 0 unspecified atom stereocenters. The summed E-state index contributed by atoms with van der Waals surface area (Å²) in [5, 5.41) is 9.27. The minimum Gasteiger partial charge on any atom is -0.490 e. The molecule has 188 valence electrons. The lowest BCUT2D eigenvalue weighted by atomic mass is 9.94. The molecule has 35 heavy (non-hydrogen) atoms. The van der Waals surface area contributed by atoms with Crippen LogP contribution in [0.4, 0.5) is 16.2 Å². The smallest absolute Gasteiger partial charge is 0.323 e. The fourth-order valence-corrected chi connectivity index (χ4v) is 4.42. The number of amides is 4. The topological polar surface area (TPSA) is 126 Å². The number of urea groups is 1. The molecule has 4 amide bonds. The number of hydrogen-bond acceptors (Lipinski definition) is 7. The molecule has 1 aromatic carbocycles. The number of carbonyl (C=O) groups is 3. The molecular weight excluding hydrogens is 454 g/mol. The first-order valence-electron chi connectivity index (χ1n) is 11.5. The molecule has 1 aromatic heterocycles. The van der Waals surface area contributed by atoms with Crippen molar-refractivity contribution < 1.29 is 28.4 Å². The summed E-state index contributed by atoms with van der Waals surface area (Å²) in [5.41, 5.74) is 1.86. The molecule has 11 nitrogen and oxygen atoms in total. The Bertz CT molecular complexity index is 1110. The lowest BCUT2D eigenvalue weighted by Crippen LogP contribution is -2.53. The van der Waals surface area contributed by atoms with Crippen LogP contribution in [-0.4, -0.2) is 78.8 Å². The molecule has 0 saturated carbocycles. The Morgan fingerprint density at radius 3 is 2.66 bits per heavy atom. The van der Waals surface area contributed by atoms with E-state index in [0.717, 1.165) is 0 Å². The van der Waals surface area contributed by atoms with Crippen LogP contribution in [0, 0.1) is 13.8 Å². The van der Waals surface area contributed by atoms with Crippen LogP contribution in [0.25, 0.3) is 0 Å². The number of nitrogens with one attached hydrogen (secondary N) is 2. The minimum atomic E-state index is -0.481. The molecule has 3 heterocycles. The van der Waals surface area contributed by atoms with Crippen molar-refractivity contribution in [3.63, 3.8) is 0 Å². The van der Waals surface area contributed by atoms with Crippen molar-refractivity contribution >= 4 is 29.2 Å². The van der Waals surface area contributed by atoms with Crippen molar-refractivity contribution in [3.05, 3.63) is 35.2 Å². The van der Waals surface area contributed by atoms with Crippen molar-refractivity contribution in [3.8, 4) is 5.75 Å². The standard InChI is InChI=1S/C24H31N5O6/c1-13-22(14(2)35-27-13)26-24(32)25-15-6-9-19-17(10-15)23(31)29(5)18-8-7-16(11-21(30)28(3)4)34-20(18)12-33-19/h6,9-10,16,18,20H,7-8,11-12H2,1-5H3,(H2,25,26,32)/t16-,18+,20+/m1/s1. The molecule has 1 saturated heterocycles. The molecule has 0 spiro atoms. The van der Waals surface area contributed by atoms with Crippen molar-refractivity contribution in [2.75, 3.05) is 38.4 Å². The Morgan fingerprint density at radius 1 is 1.20 bits per heavy atom. The highest BCUT2D eigenvalue weighted by Crippen LogP contribution is 2.32. The van der Waals surface area contributed by atoms with E-state index in [1.165, 1.54) is 0 Å². The normalized spacial score (nSPS) is 21.7. The van der Waals surface area contributed by atoms with E-state index >= 15 is 0 Å². The van der Waals surface area contributed by atoms with Crippen LogP contribution >= 0.6 is 0 Å². The highest BCUT2D eigenvalue weighted by Gasteiger charge is 2.39. The average Bonchev–Trinajstić information content (AvgIpc) is 3.13. The summed E-state index contributed by atoms with van der Waals surface area (Å²) in [7, 11) is 5.19. The van der Waals surface area contributed by atoms with Gasteiger partial charge in [-0.25, -0.2) is 4.79 Å². The Kier molecular flexibility index (Phi) is 6.97. The van der Waals surface area contributed by atoms with Crippen molar-refractivity contribution in [1.82, 2.24) is 15.0 Å². The number of benzene rings is 1. The first kappa shape index (κ1) is 24.5. The molecule has 3 atom stereocenters. The summed E-state index contributed by atoms with van der Waals surface area (Å²) in [4.78, 5) is 41.2. The number of likely N-dealkylation sites (N-methyl/N-ethyl adjacent to an activating group) is 1. The summed E-state index contributed by atoms with van der Waals surface area (Å²) >= 11 is 0. The molecule has 0 aliphatic carbocycles. The first-order valence-corrected chi connectivity index (χ1v) is 11.5. The van der Waals surface area contributed by atoms with Gasteiger partial charge < -0.3 is 34.4 Å². The fraction of sp³-hybridized carbons (Fsp3) is 0.500. The van der Waals surface area contributed by atoms with Crippen LogP contribution in [-0.2, 0) is 9.53 Å². The summed E-state index contributed by atoms with van der Waals surface area (Å²) in [6, 6.07) is 4.26. The van der Waals surface area contributed by atoms with Gasteiger partial charge in [-0.05, 0) is 44.9 Å². The van der Waals surface area contributed by atoms with Gasteiger partial charge in [-0.2, -0.15) is 0 Å². The summed E-state index contributed by atoms with van der Waals surface area (Å²) < 4.78 is 17.2. The molecule has 0 radical (unpaired) electrons. The molecule has 2 N–H and O–H groups in total. The van der Waals surface area contributed by atoms with Gasteiger partial charge in [0.1, 0.15) is 29.8 Å². The van der Waals surface area contributed by atoms with Crippen molar-refractivity contribution in [2.45, 2.75) is 51.4 Å². The molecule has 11 heteroatoms. The zero-order valence-electron chi connectivity index (χ0n) is 20.6. The lowest BCUT2D eigenvalue weighted by Gasteiger charge is -2.42. The van der Waals surface area contributed by atoms with E-state index in [4.69, 9.17) is 14.0 Å². The third-order valence-electron chi connectivity index (χ3n) is 6.44. The maximum Gasteiger partial charge on any atom is 0.323 e. The summed E-state index contributed by atoms with van der Waals surface area (Å²) in [6.07, 6.45) is 1.13. The van der Waals surface area contributed by atoms with E-state index in [1.807, 2.05) is 0 Å². The second-order valence-electron chi connectivity index (χ2n) is 9.15. The van der Waals surface area contributed by atoms with Crippen LogP contribution < -0.4 is 15.4 Å². The van der Waals surface area contributed by atoms with Crippen LogP contribution in [0.1, 0.15) is 41.1 Å². The molecule has 2 aliphatic heterocycles. The Labute approximate surface area is 203 Å². The first-order chi connectivity index (χ1) is 16.6. The molecule has 2 aromatic rings. The van der Waals surface area contributed by atoms with Crippen molar-refractivity contribution in [1.29, 1.82) is 0 Å². The van der Waals surface area contributed by atoms with Crippen LogP contribution in [0.2, 0.25) is 0 Å². The van der Waals surface area contributed by atoms with E-state index in [1.54, 1.807) is 63.0 Å². The van der Waals surface area contributed by atoms with Gasteiger partial charge in [-0.3, -0.25) is 9.59 Å². The number of aryl methyl sites for hydroxylation is 2. The average molecular weight is 486 g/mol. The molecular formula is C24H31N5O6. The highest BCUT2D eigenvalue weighted by atomic mass is 16.5. The molecule has 4 rings (SSSR count). The quantitative estimate of drug-likeness (QED) is 0.682. The van der Waals surface area contributed by atoms with Gasteiger partial charge in [0.2, 0.25) is 5.91 Å². The van der Waals surface area contributed by atoms with Gasteiger partial charge in [-0.15, -0.1) is 0 Å². The predicted molar refractivity (Wildman–Crippen MR) is 128 cm³/mol. The third kappa shape index (κ3) is 5.24. The fourth-order valence-electron chi connectivity index (χ4n) is 4.42. The maximum absolute atomic E-state index is 13.4. The lowest BCUT2D eigenvalue weighted by molar-refractivity contribution is -0.140. The number of nitrogens with zero attached hydrogens (tertiary/aromatic N) is 3. The summed E-state index contributed by atoms with van der Waals surface area (Å²) in [6.45, 7) is 3.69. The molecule has 0 bridgehead atoms. The predicted octanol–water partition coefficient (Wildman–Crippen LogP) is 2.79. The number of hydrogen-bond donors (Lipinski definition) is 2. The van der Waals surface area contributed by atoms with E-state index < -0.39 is 6.03 Å². The number of aromatic nitrogens is 1. The molecule has 2 aliphatic rings. The van der Waals surface area contributed by atoms with Gasteiger partial charge in [0.15, 0.2) is 5.76 Å². The molecule has 1 fully saturated rings. The zero-order chi connectivity index (χ0) is 25.3. The number of ether oxygens (including phenoxy) is 2. The number of rotatable bonds is 4.